The van der Waals surface area contributed by atoms with E-state index >= 15 is 0 Å². The van der Waals surface area contributed by atoms with Crippen molar-refractivity contribution < 1.29 is 14.7 Å². The van der Waals surface area contributed by atoms with Crippen molar-refractivity contribution in [3.05, 3.63) is 17.2 Å². The van der Waals surface area contributed by atoms with E-state index in [0.717, 1.165) is 32.1 Å². The van der Waals surface area contributed by atoms with Crippen LogP contribution in [0, 0.1) is 34.0 Å². The number of fused-ring (bicyclic) bond motifs is 5. The largest absolute Gasteiger partial charge is 0.393 e. The van der Waals surface area contributed by atoms with Gasteiger partial charge in [-0.15, -0.1) is 0 Å². The lowest BCUT2D eigenvalue weighted by Crippen LogP contribution is -2.56. The molecular weight excluding hydrogens is 312 g/mol. The molecule has 0 saturated heterocycles. The van der Waals surface area contributed by atoms with E-state index in [2.05, 4.69) is 24.7 Å². The average Bonchev–Trinajstić information content (AvgIpc) is 2.86. The minimum atomic E-state index is -0.588. The third-order valence-electron chi connectivity index (χ3n) is 8.57. The molecule has 4 rings (SSSR count). The Morgan fingerprint density at radius 2 is 1.88 bits per heavy atom. The lowest BCUT2D eigenvalue weighted by Gasteiger charge is -2.58. The van der Waals surface area contributed by atoms with E-state index in [-0.39, 0.29) is 22.7 Å². The van der Waals surface area contributed by atoms with Crippen LogP contribution in [0.5, 0.6) is 0 Å². The fourth-order valence-electron chi connectivity index (χ4n) is 7.25. The number of hydrogen-bond acceptors (Lipinski definition) is 2. The highest BCUT2D eigenvalue weighted by Crippen LogP contribution is 2.66. The number of allylic oxidation sites excluding steroid dienone is 2. The van der Waals surface area contributed by atoms with Crippen LogP contribution in [0.3, 0.4) is 0 Å². The molecule has 3 saturated carbocycles. The molecule has 0 aromatic carbocycles. The van der Waals surface area contributed by atoms with Crippen LogP contribution in [0.25, 0.3) is 5.53 Å². The summed E-state index contributed by atoms with van der Waals surface area (Å²) < 4.78 is 0. The maximum atomic E-state index is 12.7. The number of ketones is 1. The second kappa shape index (κ2) is 5.14. The van der Waals surface area contributed by atoms with Gasteiger partial charge in [-0.1, -0.05) is 25.5 Å². The molecule has 0 aliphatic heterocycles. The Kier molecular flexibility index (Phi) is 3.53. The molecule has 0 heterocycles. The van der Waals surface area contributed by atoms with Gasteiger partial charge in [0, 0.05) is 5.41 Å². The molecule has 4 heteroatoms. The highest BCUT2D eigenvalue weighted by Gasteiger charge is 2.63. The third kappa shape index (κ3) is 2.01. The molecule has 6 atom stereocenters. The molecule has 0 bridgehead atoms. The monoisotopic (exact) mass is 342 g/mol. The first kappa shape index (κ1) is 17.2. The molecule has 1 N–H and O–H groups in total. The molecule has 25 heavy (non-hydrogen) atoms. The highest BCUT2D eigenvalue weighted by molar-refractivity contribution is 6.41. The zero-order chi connectivity index (χ0) is 18.2. The van der Waals surface area contributed by atoms with E-state index in [1.807, 2.05) is 13.8 Å². The SMILES string of the molecule is CC1(C)C(=O)C(=[N+]=[N-])CC2(C)C1=CCC1C2CCC2(C)C(O)CCC12. The fourth-order valence-corrected chi connectivity index (χ4v) is 7.25. The van der Waals surface area contributed by atoms with Crippen molar-refractivity contribution in [3.63, 3.8) is 0 Å². The molecule has 0 aromatic rings. The first-order valence-electron chi connectivity index (χ1n) is 9.81. The zero-order valence-corrected chi connectivity index (χ0v) is 15.9. The number of aliphatic hydroxyl groups is 1. The fraction of sp³-hybridized carbons (Fsp3) is 0.810. The third-order valence-corrected chi connectivity index (χ3v) is 8.57. The first-order valence-corrected chi connectivity index (χ1v) is 9.81. The lowest BCUT2D eigenvalue weighted by molar-refractivity contribution is -0.129. The maximum Gasteiger partial charge on any atom is 0.336 e. The van der Waals surface area contributed by atoms with Gasteiger partial charge < -0.3 is 10.6 Å². The molecule has 136 valence electrons. The molecule has 0 aromatic heterocycles. The topological polar surface area (TPSA) is 73.7 Å². The van der Waals surface area contributed by atoms with Gasteiger partial charge >= 0.3 is 5.71 Å². The van der Waals surface area contributed by atoms with Crippen LogP contribution in [-0.2, 0) is 4.79 Å². The number of hydrogen-bond donors (Lipinski definition) is 1. The zero-order valence-electron chi connectivity index (χ0n) is 15.9. The summed E-state index contributed by atoms with van der Waals surface area (Å²) >= 11 is 0. The van der Waals surface area contributed by atoms with Crippen molar-refractivity contribution in [1.29, 1.82) is 0 Å². The summed E-state index contributed by atoms with van der Waals surface area (Å²) in [5.41, 5.74) is 10.4. The standard InChI is InChI=1S/C21H30N2O2/c1-19(2)16-7-5-12-13-6-8-17(24)20(13,3)10-9-14(12)21(16,4)11-15(23-22)18(19)25/h7,12-14,17,24H,5-6,8-11H2,1-4H3. The number of rotatable bonds is 0. The van der Waals surface area contributed by atoms with Gasteiger partial charge in [-0.05, 0) is 69.1 Å². The second-order valence-corrected chi connectivity index (χ2v) is 9.96. The molecule has 0 amide bonds. The van der Waals surface area contributed by atoms with Gasteiger partial charge in [-0.3, -0.25) is 4.79 Å². The smallest absolute Gasteiger partial charge is 0.336 e. The van der Waals surface area contributed by atoms with E-state index in [4.69, 9.17) is 0 Å². The Labute approximate surface area is 150 Å². The summed E-state index contributed by atoms with van der Waals surface area (Å²) in [5.74, 6) is 1.59. The number of carbonyl (C=O) groups is 1. The highest BCUT2D eigenvalue weighted by atomic mass is 16.3. The summed E-state index contributed by atoms with van der Waals surface area (Å²) in [5, 5.41) is 10.6. The average molecular weight is 342 g/mol. The number of aliphatic hydroxyl groups excluding tert-OH is 1. The number of nitrogens with zero attached hydrogens (tertiary/aromatic N) is 2. The number of carbonyl (C=O) groups excluding carboxylic acids is 1. The number of Topliss-reactive ketones (excluding diaryl/α,β-unsaturated/α-hetero) is 1. The lowest BCUT2D eigenvalue weighted by atomic mass is 9.45. The molecule has 0 radical (unpaired) electrons. The summed E-state index contributed by atoms with van der Waals surface area (Å²) in [6, 6.07) is 0. The van der Waals surface area contributed by atoms with E-state index in [9.17, 15) is 15.4 Å². The molecule has 4 aliphatic rings. The van der Waals surface area contributed by atoms with Gasteiger partial charge in [0.25, 0.3) is 0 Å². The van der Waals surface area contributed by atoms with Crippen molar-refractivity contribution in [2.45, 2.75) is 72.3 Å². The minimum absolute atomic E-state index is 0.0332. The minimum Gasteiger partial charge on any atom is -0.393 e. The van der Waals surface area contributed by atoms with Crippen molar-refractivity contribution in [3.8, 4) is 0 Å². The predicted molar refractivity (Wildman–Crippen MR) is 95.9 cm³/mol. The molecule has 3 fully saturated rings. The van der Waals surface area contributed by atoms with E-state index in [0.29, 0.717) is 29.9 Å². The van der Waals surface area contributed by atoms with Crippen LogP contribution in [0.15, 0.2) is 11.6 Å². The van der Waals surface area contributed by atoms with Gasteiger partial charge in [0.2, 0.25) is 5.78 Å². The van der Waals surface area contributed by atoms with Crippen LogP contribution in [0.4, 0.5) is 0 Å². The Hall–Kier alpha value is -1.25. The molecule has 6 unspecified atom stereocenters. The van der Waals surface area contributed by atoms with E-state index < -0.39 is 5.41 Å². The Bertz CT molecular complexity index is 717. The quantitative estimate of drug-likeness (QED) is 0.413. The van der Waals surface area contributed by atoms with Gasteiger partial charge in [0.1, 0.15) is 0 Å². The summed E-state index contributed by atoms with van der Waals surface area (Å²) in [4.78, 5) is 16.1. The van der Waals surface area contributed by atoms with Gasteiger partial charge in [0.15, 0.2) is 0 Å². The predicted octanol–water partition coefficient (Wildman–Crippen LogP) is 3.80. The molecule has 4 nitrogen and oxygen atoms in total. The molecular formula is C21H30N2O2. The van der Waals surface area contributed by atoms with E-state index in [1.54, 1.807) is 0 Å². The normalized spacial score (nSPS) is 48.1. The van der Waals surface area contributed by atoms with Crippen molar-refractivity contribution in [1.82, 2.24) is 0 Å². The van der Waals surface area contributed by atoms with Crippen LogP contribution >= 0.6 is 0 Å². The van der Waals surface area contributed by atoms with Gasteiger partial charge in [-0.2, -0.15) is 4.79 Å². The Morgan fingerprint density at radius 1 is 1.16 bits per heavy atom. The van der Waals surface area contributed by atoms with Crippen molar-refractivity contribution >= 4 is 11.5 Å². The Morgan fingerprint density at radius 3 is 2.56 bits per heavy atom. The van der Waals surface area contributed by atoms with Crippen LogP contribution in [0.1, 0.15) is 66.2 Å². The summed E-state index contributed by atoms with van der Waals surface area (Å²) in [7, 11) is 0. The maximum absolute atomic E-state index is 12.7. The summed E-state index contributed by atoms with van der Waals surface area (Å²) in [6.45, 7) is 8.53. The van der Waals surface area contributed by atoms with Crippen molar-refractivity contribution in [2.24, 2.45) is 34.0 Å². The summed E-state index contributed by atoms with van der Waals surface area (Å²) in [6.07, 6.45) is 7.90. The molecule has 0 spiro atoms. The van der Waals surface area contributed by atoms with Gasteiger partial charge in [-0.25, -0.2) is 0 Å². The van der Waals surface area contributed by atoms with Crippen LogP contribution in [0.2, 0.25) is 0 Å². The molecule has 4 aliphatic carbocycles. The van der Waals surface area contributed by atoms with Crippen molar-refractivity contribution in [2.75, 3.05) is 0 Å². The van der Waals surface area contributed by atoms with E-state index in [1.165, 1.54) is 5.57 Å². The first-order chi connectivity index (χ1) is 11.7. The van der Waals surface area contributed by atoms with Crippen LogP contribution in [-0.4, -0.2) is 27.5 Å². The van der Waals surface area contributed by atoms with Gasteiger partial charge in [0.05, 0.1) is 17.9 Å². The van der Waals surface area contributed by atoms with Crippen LogP contribution < -0.4 is 0 Å². The Balaban J connectivity index is 1.80. The second-order valence-electron chi connectivity index (χ2n) is 9.96.